The van der Waals surface area contributed by atoms with Crippen LogP contribution in [0.4, 0.5) is 0 Å². The molecule has 0 saturated carbocycles. The summed E-state index contributed by atoms with van der Waals surface area (Å²) in [6.45, 7) is 1.58. The summed E-state index contributed by atoms with van der Waals surface area (Å²) in [7, 11) is 1.44. The van der Waals surface area contributed by atoms with Crippen LogP contribution in [-0.2, 0) is 14.3 Å². The van der Waals surface area contributed by atoms with Crippen molar-refractivity contribution in [3.8, 4) is 0 Å². The molecule has 3 nitrogen and oxygen atoms in total. The average molecular weight is 293 g/mol. The van der Waals surface area contributed by atoms with Gasteiger partial charge < -0.3 is 9.47 Å². The van der Waals surface area contributed by atoms with Crippen LogP contribution in [0.5, 0.6) is 0 Å². The maximum absolute atomic E-state index is 12.0. The number of hydrogen-bond acceptors (Lipinski definition) is 3. The molecule has 0 N–H and O–H groups in total. The van der Waals surface area contributed by atoms with Crippen LogP contribution in [0.1, 0.15) is 24.8 Å². The van der Waals surface area contributed by atoms with E-state index in [-0.39, 0.29) is 11.4 Å². The molecular weight excluding hydrogens is 276 g/mol. The molecular formula is C16H17ClO3. The number of benzene rings is 1. The molecule has 1 aromatic rings. The van der Waals surface area contributed by atoms with E-state index in [1.807, 2.05) is 24.3 Å². The number of ether oxygens (including phenoxy) is 2. The Kier molecular flexibility index (Phi) is 3.57. The van der Waals surface area contributed by atoms with Crippen molar-refractivity contribution in [2.75, 3.05) is 20.3 Å². The third-order valence-electron chi connectivity index (χ3n) is 4.26. The van der Waals surface area contributed by atoms with E-state index in [1.165, 1.54) is 7.11 Å². The first kappa shape index (κ1) is 13.7. The second kappa shape index (κ2) is 5.23. The lowest BCUT2D eigenvalue weighted by Gasteiger charge is -2.45. The van der Waals surface area contributed by atoms with Crippen molar-refractivity contribution in [1.82, 2.24) is 0 Å². The molecule has 4 heteroatoms. The van der Waals surface area contributed by atoms with Gasteiger partial charge in [-0.2, -0.15) is 0 Å². The van der Waals surface area contributed by atoms with Crippen LogP contribution in [0, 0.1) is 5.41 Å². The minimum absolute atomic E-state index is 0.215. The van der Waals surface area contributed by atoms with E-state index < -0.39 is 0 Å². The smallest absolute Gasteiger partial charge is 0.334 e. The van der Waals surface area contributed by atoms with Gasteiger partial charge in [-0.1, -0.05) is 23.7 Å². The molecule has 106 valence electrons. The highest BCUT2D eigenvalue weighted by atomic mass is 35.5. The molecule has 1 fully saturated rings. The van der Waals surface area contributed by atoms with E-state index >= 15 is 0 Å². The molecule has 0 atom stereocenters. The van der Waals surface area contributed by atoms with Crippen molar-refractivity contribution in [1.29, 1.82) is 0 Å². The first-order valence-electron chi connectivity index (χ1n) is 6.78. The van der Waals surface area contributed by atoms with Gasteiger partial charge in [-0.05, 0) is 42.5 Å². The van der Waals surface area contributed by atoms with Gasteiger partial charge in [0.05, 0.1) is 20.3 Å². The zero-order valence-corrected chi connectivity index (χ0v) is 12.2. The maximum atomic E-state index is 12.0. The number of methoxy groups -OCH3 is 1. The Labute approximate surface area is 123 Å². The fraction of sp³-hybridized carbons (Fsp3) is 0.438. The third-order valence-corrected chi connectivity index (χ3v) is 4.51. The normalized spacial score (nSPS) is 20.7. The summed E-state index contributed by atoms with van der Waals surface area (Å²) >= 11 is 5.94. The maximum Gasteiger partial charge on any atom is 0.334 e. The second-order valence-corrected chi connectivity index (χ2v) is 6.06. The van der Waals surface area contributed by atoms with E-state index in [1.54, 1.807) is 0 Å². The fourth-order valence-electron chi connectivity index (χ4n) is 3.02. The molecule has 1 aliphatic carbocycles. The number of carbonyl (C=O) groups excluding carboxylic acids is 1. The third kappa shape index (κ3) is 2.36. The van der Waals surface area contributed by atoms with E-state index in [0.29, 0.717) is 5.02 Å². The summed E-state index contributed by atoms with van der Waals surface area (Å²) in [5.74, 6) is -0.218. The monoisotopic (exact) mass is 292 g/mol. The minimum atomic E-state index is -0.218. The topological polar surface area (TPSA) is 35.5 Å². The van der Waals surface area contributed by atoms with Crippen LogP contribution >= 0.6 is 11.6 Å². The summed E-state index contributed by atoms with van der Waals surface area (Å²) in [4.78, 5) is 12.0. The Bertz CT molecular complexity index is 556. The molecule has 1 heterocycles. The Hall–Kier alpha value is -1.32. The lowest BCUT2D eigenvalue weighted by atomic mass is 9.69. The van der Waals surface area contributed by atoms with Crippen molar-refractivity contribution in [2.45, 2.75) is 19.3 Å². The first-order chi connectivity index (χ1) is 9.63. The van der Waals surface area contributed by atoms with Crippen LogP contribution in [0.25, 0.3) is 5.57 Å². The summed E-state index contributed by atoms with van der Waals surface area (Å²) in [6, 6.07) is 7.66. The van der Waals surface area contributed by atoms with Crippen molar-refractivity contribution in [3.05, 3.63) is 40.4 Å². The highest BCUT2D eigenvalue weighted by Crippen LogP contribution is 2.47. The molecule has 1 saturated heterocycles. The molecule has 0 amide bonds. The quantitative estimate of drug-likeness (QED) is 0.783. The molecule has 0 aromatic heterocycles. The molecule has 0 unspecified atom stereocenters. The van der Waals surface area contributed by atoms with Gasteiger partial charge in [0.1, 0.15) is 0 Å². The highest BCUT2D eigenvalue weighted by molar-refractivity contribution is 6.30. The summed E-state index contributed by atoms with van der Waals surface area (Å²) in [5, 5.41) is 0.700. The molecule has 0 radical (unpaired) electrons. The van der Waals surface area contributed by atoms with Gasteiger partial charge >= 0.3 is 5.97 Å². The molecule has 3 rings (SSSR count). The van der Waals surface area contributed by atoms with Gasteiger partial charge in [0.25, 0.3) is 0 Å². The Morgan fingerprint density at radius 2 is 2.00 bits per heavy atom. The molecule has 0 bridgehead atoms. The van der Waals surface area contributed by atoms with Gasteiger partial charge in [0.2, 0.25) is 0 Å². The minimum Gasteiger partial charge on any atom is -0.466 e. The van der Waals surface area contributed by atoms with Gasteiger partial charge in [-0.3, -0.25) is 0 Å². The van der Waals surface area contributed by atoms with Crippen LogP contribution in [0.15, 0.2) is 29.8 Å². The Balaban J connectivity index is 2.00. The number of rotatable bonds is 2. The molecule has 2 aliphatic rings. The SMILES string of the molecule is COC(=O)C1=C(c2ccc(Cl)cc2)CC2(CC1)COC2. The van der Waals surface area contributed by atoms with Crippen LogP contribution in [0.2, 0.25) is 5.02 Å². The van der Waals surface area contributed by atoms with Crippen LogP contribution in [0.3, 0.4) is 0 Å². The zero-order valence-electron chi connectivity index (χ0n) is 11.4. The van der Waals surface area contributed by atoms with Gasteiger partial charge in [0, 0.05) is 16.0 Å². The fourth-order valence-corrected chi connectivity index (χ4v) is 3.15. The molecule has 20 heavy (non-hydrogen) atoms. The Morgan fingerprint density at radius 1 is 1.30 bits per heavy atom. The highest BCUT2D eigenvalue weighted by Gasteiger charge is 2.43. The van der Waals surface area contributed by atoms with E-state index in [4.69, 9.17) is 21.1 Å². The standard InChI is InChI=1S/C16H17ClO3/c1-19-15(18)13-6-7-16(9-20-10-16)8-14(13)11-2-4-12(17)5-3-11/h2-5H,6-10H2,1H3. The molecule has 1 aliphatic heterocycles. The lowest BCUT2D eigenvalue weighted by Crippen LogP contribution is -2.44. The van der Waals surface area contributed by atoms with Crippen molar-refractivity contribution >= 4 is 23.1 Å². The van der Waals surface area contributed by atoms with E-state index in [2.05, 4.69) is 0 Å². The number of carbonyl (C=O) groups is 1. The number of allylic oxidation sites excluding steroid dienone is 1. The molecule has 1 spiro atoms. The van der Waals surface area contributed by atoms with E-state index in [0.717, 1.165) is 49.2 Å². The zero-order chi connectivity index (χ0) is 14.2. The van der Waals surface area contributed by atoms with Gasteiger partial charge in [-0.15, -0.1) is 0 Å². The number of hydrogen-bond donors (Lipinski definition) is 0. The van der Waals surface area contributed by atoms with Crippen LogP contribution < -0.4 is 0 Å². The van der Waals surface area contributed by atoms with Crippen molar-refractivity contribution in [3.63, 3.8) is 0 Å². The predicted octanol–water partition coefficient (Wildman–Crippen LogP) is 3.47. The summed E-state index contributed by atoms with van der Waals surface area (Å²) in [6.07, 6.45) is 2.63. The van der Waals surface area contributed by atoms with Crippen LogP contribution in [-0.4, -0.2) is 26.3 Å². The Morgan fingerprint density at radius 3 is 2.55 bits per heavy atom. The largest absolute Gasteiger partial charge is 0.466 e. The van der Waals surface area contributed by atoms with E-state index in [9.17, 15) is 4.79 Å². The predicted molar refractivity (Wildman–Crippen MR) is 77.5 cm³/mol. The average Bonchev–Trinajstić information content (AvgIpc) is 2.45. The summed E-state index contributed by atoms with van der Waals surface area (Å²) < 4.78 is 10.3. The lowest BCUT2D eigenvalue weighted by molar-refractivity contribution is -0.138. The summed E-state index contributed by atoms with van der Waals surface area (Å²) in [5.41, 5.74) is 3.16. The number of halogens is 1. The molecule has 1 aromatic carbocycles. The van der Waals surface area contributed by atoms with Crippen molar-refractivity contribution in [2.24, 2.45) is 5.41 Å². The second-order valence-electron chi connectivity index (χ2n) is 5.63. The van der Waals surface area contributed by atoms with Gasteiger partial charge in [0.15, 0.2) is 0 Å². The number of esters is 1. The van der Waals surface area contributed by atoms with Crippen molar-refractivity contribution < 1.29 is 14.3 Å². The first-order valence-corrected chi connectivity index (χ1v) is 7.15. The van der Waals surface area contributed by atoms with Gasteiger partial charge in [-0.25, -0.2) is 4.79 Å².